The van der Waals surface area contributed by atoms with Crippen LogP contribution >= 0.6 is 11.3 Å². The molecule has 3 nitrogen and oxygen atoms in total. The van der Waals surface area contributed by atoms with Crippen LogP contribution in [0.5, 0.6) is 0 Å². The molecule has 1 saturated carbocycles. The zero-order chi connectivity index (χ0) is 12.5. The number of nitrogens with one attached hydrogen (secondary N) is 1. The molecule has 0 aliphatic heterocycles. The van der Waals surface area contributed by atoms with Gasteiger partial charge in [0, 0.05) is 30.4 Å². The van der Waals surface area contributed by atoms with E-state index in [9.17, 15) is 0 Å². The van der Waals surface area contributed by atoms with Crippen molar-refractivity contribution in [3.63, 3.8) is 0 Å². The first kappa shape index (κ1) is 12.2. The Morgan fingerprint density at radius 3 is 3.11 bits per heavy atom. The second-order valence-electron chi connectivity index (χ2n) is 5.42. The van der Waals surface area contributed by atoms with E-state index in [1.54, 1.807) is 11.3 Å². The quantitative estimate of drug-likeness (QED) is 0.917. The average Bonchev–Trinajstić information content (AvgIpc) is 3.00. The molecule has 3 atom stereocenters. The fourth-order valence-electron chi connectivity index (χ4n) is 3.21. The molecule has 2 aromatic heterocycles. The number of fused-ring (bicyclic) bond motifs is 1. The van der Waals surface area contributed by atoms with E-state index in [4.69, 9.17) is 0 Å². The number of hydrogen-bond acceptors (Lipinski definition) is 3. The lowest BCUT2D eigenvalue weighted by Gasteiger charge is -2.20. The van der Waals surface area contributed by atoms with Gasteiger partial charge in [0.2, 0.25) is 0 Å². The molecular formula is C14H21N3S. The minimum atomic E-state index is 0.676. The van der Waals surface area contributed by atoms with E-state index in [-0.39, 0.29) is 0 Å². The van der Waals surface area contributed by atoms with Gasteiger partial charge in [-0.1, -0.05) is 20.3 Å². The maximum absolute atomic E-state index is 4.62. The van der Waals surface area contributed by atoms with Crippen LogP contribution in [0.4, 0.5) is 0 Å². The largest absolute Gasteiger partial charge is 0.308 e. The molecule has 1 aliphatic carbocycles. The van der Waals surface area contributed by atoms with E-state index in [1.807, 2.05) is 0 Å². The second kappa shape index (κ2) is 5.02. The van der Waals surface area contributed by atoms with Gasteiger partial charge in [-0.2, -0.15) is 0 Å². The molecule has 4 heteroatoms. The monoisotopic (exact) mass is 263 g/mol. The zero-order valence-corrected chi connectivity index (χ0v) is 11.9. The van der Waals surface area contributed by atoms with Crippen molar-refractivity contribution in [2.24, 2.45) is 11.8 Å². The van der Waals surface area contributed by atoms with E-state index in [0.717, 1.165) is 29.0 Å². The summed E-state index contributed by atoms with van der Waals surface area (Å²) in [5, 5.41) is 5.77. The fourth-order valence-corrected chi connectivity index (χ4v) is 3.93. The Balaban J connectivity index is 1.60. The van der Waals surface area contributed by atoms with Crippen molar-refractivity contribution in [1.29, 1.82) is 0 Å². The van der Waals surface area contributed by atoms with Gasteiger partial charge in [0.05, 0.1) is 5.69 Å². The van der Waals surface area contributed by atoms with Crippen molar-refractivity contribution in [2.45, 2.75) is 45.7 Å². The molecule has 0 saturated heterocycles. The third kappa shape index (κ3) is 2.19. The number of rotatable bonds is 4. The summed E-state index contributed by atoms with van der Waals surface area (Å²) in [7, 11) is 0. The molecule has 3 unspecified atom stereocenters. The van der Waals surface area contributed by atoms with E-state index in [0.29, 0.717) is 6.04 Å². The van der Waals surface area contributed by atoms with Crippen LogP contribution in [0.25, 0.3) is 4.96 Å². The predicted molar refractivity (Wildman–Crippen MR) is 75.9 cm³/mol. The fraction of sp³-hybridized carbons (Fsp3) is 0.643. The summed E-state index contributed by atoms with van der Waals surface area (Å²) in [5.41, 5.74) is 1.16. The third-order valence-corrected chi connectivity index (χ3v) is 5.21. The van der Waals surface area contributed by atoms with E-state index < -0.39 is 0 Å². The maximum Gasteiger partial charge on any atom is 0.193 e. The lowest BCUT2D eigenvalue weighted by molar-refractivity contribution is 0.343. The summed E-state index contributed by atoms with van der Waals surface area (Å²) in [6, 6.07) is 0.676. The average molecular weight is 263 g/mol. The Bertz CT molecular complexity index is 487. The van der Waals surface area contributed by atoms with Gasteiger partial charge in [0.25, 0.3) is 0 Å². The van der Waals surface area contributed by atoms with Crippen LogP contribution in [0.15, 0.2) is 17.8 Å². The third-order valence-electron chi connectivity index (χ3n) is 4.44. The molecule has 0 bridgehead atoms. The number of imidazole rings is 1. The molecule has 3 rings (SSSR count). The lowest BCUT2D eigenvalue weighted by atomic mass is 9.93. The van der Waals surface area contributed by atoms with Crippen molar-refractivity contribution in [2.75, 3.05) is 0 Å². The first-order chi connectivity index (χ1) is 8.78. The molecule has 18 heavy (non-hydrogen) atoms. The molecular weight excluding hydrogens is 242 g/mol. The Labute approximate surface area is 112 Å². The second-order valence-corrected chi connectivity index (χ2v) is 6.29. The van der Waals surface area contributed by atoms with Crippen LogP contribution in [0.2, 0.25) is 0 Å². The van der Waals surface area contributed by atoms with Gasteiger partial charge in [-0.15, -0.1) is 11.3 Å². The summed E-state index contributed by atoms with van der Waals surface area (Å²) >= 11 is 1.69. The van der Waals surface area contributed by atoms with Crippen LogP contribution in [0.1, 0.15) is 38.8 Å². The molecule has 0 amide bonds. The molecule has 0 spiro atoms. The first-order valence-corrected chi connectivity index (χ1v) is 7.80. The summed E-state index contributed by atoms with van der Waals surface area (Å²) in [6.45, 7) is 5.61. The van der Waals surface area contributed by atoms with Gasteiger partial charge in [-0.05, 0) is 24.7 Å². The highest BCUT2D eigenvalue weighted by atomic mass is 32.1. The number of aromatic nitrogens is 2. The maximum atomic E-state index is 4.62. The van der Waals surface area contributed by atoms with E-state index in [2.05, 4.69) is 46.3 Å². The molecule has 98 valence electrons. The van der Waals surface area contributed by atoms with Crippen molar-refractivity contribution >= 4 is 16.3 Å². The standard InChI is InChI=1S/C14H21N3S/c1-3-11-4-5-13(10(11)2)15-8-12-9-17-6-7-18-14(17)16-12/h6-7,9-11,13,15H,3-5,8H2,1-2H3. The van der Waals surface area contributed by atoms with Crippen LogP contribution < -0.4 is 5.32 Å². The van der Waals surface area contributed by atoms with Crippen molar-refractivity contribution in [3.05, 3.63) is 23.5 Å². The van der Waals surface area contributed by atoms with Crippen molar-refractivity contribution in [3.8, 4) is 0 Å². The van der Waals surface area contributed by atoms with Gasteiger partial charge < -0.3 is 5.32 Å². The van der Waals surface area contributed by atoms with E-state index in [1.165, 1.54) is 19.3 Å². The van der Waals surface area contributed by atoms with Crippen LogP contribution in [0.3, 0.4) is 0 Å². The highest BCUT2D eigenvalue weighted by Crippen LogP contribution is 2.33. The lowest BCUT2D eigenvalue weighted by Crippen LogP contribution is -2.32. The molecule has 2 heterocycles. The minimum absolute atomic E-state index is 0.676. The highest BCUT2D eigenvalue weighted by Gasteiger charge is 2.30. The smallest absolute Gasteiger partial charge is 0.193 e. The molecule has 2 aromatic rings. The predicted octanol–water partition coefficient (Wildman–Crippen LogP) is 3.31. The van der Waals surface area contributed by atoms with Crippen LogP contribution in [0, 0.1) is 11.8 Å². The Hall–Kier alpha value is -0.870. The number of thiazole rings is 1. The summed E-state index contributed by atoms with van der Waals surface area (Å²) in [5.74, 6) is 1.71. The normalized spacial score (nSPS) is 28.2. The summed E-state index contributed by atoms with van der Waals surface area (Å²) in [4.78, 5) is 5.71. The topological polar surface area (TPSA) is 29.3 Å². The Kier molecular flexibility index (Phi) is 3.39. The van der Waals surface area contributed by atoms with Crippen molar-refractivity contribution < 1.29 is 0 Å². The first-order valence-electron chi connectivity index (χ1n) is 6.92. The number of hydrogen-bond donors (Lipinski definition) is 1. The molecule has 1 aliphatic rings. The Morgan fingerprint density at radius 1 is 1.50 bits per heavy atom. The van der Waals surface area contributed by atoms with Gasteiger partial charge in [0.15, 0.2) is 4.96 Å². The highest BCUT2D eigenvalue weighted by molar-refractivity contribution is 7.15. The van der Waals surface area contributed by atoms with Crippen molar-refractivity contribution in [1.82, 2.24) is 14.7 Å². The molecule has 0 radical (unpaired) electrons. The molecule has 1 fully saturated rings. The molecule has 0 aromatic carbocycles. The summed E-state index contributed by atoms with van der Waals surface area (Å²) in [6.07, 6.45) is 8.23. The minimum Gasteiger partial charge on any atom is -0.308 e. The van der Waals surface area contributed by atoms with Gasteiger partial charge >= 0.3 is 0 Å². The SMILES string of the molecule is CCC1CCC(NCc2cn3ccsc3n2)C1C. The summed E-state index contributed by atoms with van der Waals surface area (Å²) < 4.78 is 2.11. The van der Waals surface area contributed by atoms with Crippen LogP contribution in [-0.4, -0.2) is 15.4 Å². The van der Waals surface area contributed by atoms with Gasteiger partial charge in [0.1, 0.15) is 0 Å². The zero-order valence-electron chi connectivity index (χ0n) is 11.1. The van der Waals surface area contributed by atoms with Crippen LogP contribution in [-0.2, 0) is 6.54 Å². The van der Waals surface area contributed by atoms with Gasteiger partial charge in [-0.3, -0.25) is 4.40 Å². The van der Waals surface area contributed by atoms with E-state index >= 15 is 0 Å². The number of nitrogens with zero attached hydrogens (tertiary/aromatic N) is 2. The Morgan fingerprint density at radius 2 is 2.39 bits per heavy atom. The van der Waals surface area contributed by atoms with Gasteiger partial charge in [-0.25, -0.2) is 4.98 Å². The molecule has 1 N–H and O–H groups in total.